The van der Waals surface area contributed by atoms with Crippen LogP contribution in [-0.4, -0.2) is 58.3 Å². The summed E-state index contributed by atoms with van der Waals surface area (Å²) in [6.07, 6.45) is 9.07. The normalized spacial score (nSPS) is 13.6. The lowest BCUT2D eigenvalue weighted by Crippen LogP contribution is -2.38. The first-order valence-electron chi connectivity index (χ1n) is 10.4. The summed E-state index contributed by atoms with van der Waals surface area (Å²) < 4.78 is 0. The van der Waals surface area contributed by atoms with Crippen LogP contribution in [-0.2, 0) is 6.42 Å². The summed E-state index contributed by atoms with van der Waals surface area (Å²) in [6, 6.07) is 7.41. The standard InChI is InChI=1S/C21H25BN8O/c22-18-13-25-20(29-19(18)24-8-7-17-12-23-14-26-17)27-15-5-4-6-16(11-15)28-21(31)30-9-2-1-3-10-30/h4-6,11-14H,1-3,7-10H2,(H,23,26)(H,28,31)(H2,24,25,27,29). The molecule has 2 aromatic heterocycles. The van der Waals surface area contributed by atoms with E-state index in [-0.39, 0.29) is 6.03 Å². The molecular weight excluding hydrogens is 391 g/mol. The summed E-state index contributed by atoms with van der Waals surface area (Å²) in [7, 11) is 6.00. The fourth-order valence-corrected chi connectivity index (χ4v) is 3.43. The van der Waals surface area contributed by atoms with Gasteiger partial charge in [-0.2, -0.15) is 4.98 Å². The molecule has 1 fully saturated rings. The SMILES string of the molecule is [B]c1cnc(Nc2cccc(NC(=O)N3CCCCC3)c2)nc1NCCc1cnc[nH]1. The molecule has 9 nitrogen and oxygen atoms in total. The minimum absolute atomic E-state index is 0.0654. The number of carbonyl (C=O) groups excluding carboxylic acids is 1. The monoisotopic (exact) mass is 416 g/mol. The number of aromatic nitrogens is 4. The molecule has 2 radical (unpaired) electrons. The molecule has 4 rings (SSSR count). The smallest absolute Gasteiger partial charge is 0.321 e. The van der Waals surface area contributed by atoms with E-state index < -0.39 is 0 Å². The highest BCUT2D eigenvalue weighted by Gasteiger charge is 2.16. The quantitative estimate of drug-likeness (QED) is 0.441. The molecule has 10 heteroatoms. The Morgan fingerprint density at radius 1 is 1.16 bits per heavy atom. The number of aromatic amines is 1. The van der Waals surface area contributed by atoms with Crippen LogP contribution < -0.4 is 21.4 Å². The molecule has 0 saturated carbocycles. The van der Waals surface area contributed by atoms with E-state index in [1.807, 2.05) is 29.2 Å². The van der Waals surface area contributed by atoms with Gasteiger partial charge in [-0.1, -0.05) is 6.07 Å². The first kappa shape index (κ1) is 20.7. The fraction of sp³-hybridized carbons (Fsp3) is 0.333. The highest BCUT2D eigenvalue weighted by Crippen LogP contribution is 2.19. The van der Waals surface area contributed by atoms with Gasteiger partial charge in [0.2, 0.25) is 5.95 Å². The molecule has 0 unspecified atom stereocenters. The Kier molecular flexibility index (Phi) is 6.66. The summed E-state index contributed by atoms with van der Waals surface area (Å²) >= 11 is 0. The van der Waals surface area contributed by atoms with Crippen molar-refractivity contribution in [3.63, 3.8) is 0 Å². The van der Waals surface area contributed by atoms with Crippen LogP contribution in [0.1, 0.15) is 25.0 Å². The van der Waals surface area contributed by atoms with Crippen molar-refractivity contribution >= 4 is 42.5 Å². The van der Waals surface area contributed by atoms with Gasteiger partial charge >= 0.3 is 6.03 Å². The highest BCUT2D eigenvalue weighted by atomic mass is 16.2. The molecule has 0 spiro atoms. The minimum atomic E-state index is -0.0654. The number of likely N-dealkylation sites (tertiary alicyclic amines) is 1. The van der Waals surface area contributed by atoms with E-state index in [2.05, 4.69) is 35.9 Å². The van der Waals surface area contributed by atoms with Crippen LogP contribution in [0.4, 0.5) is 27.9 Å². The lowest BCUT2D eigenvalue weighted by atomic mass is 9.99. The van der Waals surface area contributed by atoms with Crippen LogP contribution in [0.25, 0.3) is 0 Å². The van der Waals surface area contributed by atoms with Crippen molar-refractivity contribution in [2.45, 2.75) is 25.7 Å². The predicted octanol–water partition coefficient (Wildman–Crippen LogP) is 2.41. The highest BCUT2D eigenvalue weighted by molar-refractivity contribution is 6.35. The number of rotatable bonds is 7. The molecule has 2 amide bonds. The summed E-state index contributed by atoms with van der Waals surface area (Å²) in [5, 5.41) is 9.36. The molecule has 3 heterocycles. The Morgan fingerprint density at radius 2 is 2.00 bits per heavy atom. The molecule has 4 N–H and O–H groups in total. The Hall–Kier alpha value is -3.56. The third-order valence-electron chi connectivity index (χ3n) is 5.07. The summed E-state index contributed by atoms with van der Waals surface area (Å²) in [5.41, 5.74) is 2.98. The average Bonchev–Trinajstić information content (AvgIpc) is 3.30. The minimum Gasteiger partial charge on any atom is -0.370 e. The van der Waals surface area contributed by atoms with Crippen LogP contribution >= 0.6 is 0 Å². The van der Waals surface area contributed by atoms with Gasteiger partial charge in [0.15, 0.2) is 0 Å². The van der Waals surface area contributed by atoms with Crippen molar-refractivity contribution in [1.82, 2.24) is 24.8 Å². The van der Waals surface area contributed by atoms with E-state index in [0.717, 1.165) is 43.7 Å². The lowest BCUT2D eigenvalue weighted by Gasteiger charge is -2.26. The maximum atomic E-state index is 12.4. The second kappa shape index (κ2) is 9.97. The third-order valence-corrected chi connectivity index (χ3v) is 5.07. The fourth-order valence-electron chi connectivity index (χ4n) is 3.43. The number of imidazole rings is 1. The van der Waals surface area contributed by atoms with Crippen LogP contribution in [0.2, 0.25) is 0 Å². The van der Waals surface area contributed by atoms with E-state index in [1.165, 1.54) is 6.42 Å². The van der Waals surface area contributed by atoms with Gasteiger partial charge in [0.25, 0.3) is 0 Å². The van der Waals surface area contributed by atoms with Crippen molar-refractivity contribution in [2.24, 2.45) is 0 Å². The molecule has 1 aromatic carbocycles. The number of urea groups is 1. The van der Waals surface area contributed by atoms with E-state index in [4.69, 9.17) is 7.85 Å². The van der Waals surface area contributed by atoms with Gasteiger partial charge in [0, 0.05) is 55.5 Å². The lowest BCUT2D eigenvalue weighted by molar-refractivity contribution is 0.200. The number of nitrogens with one attached hydrogen (secondary N) is 4. The number of nitrogens with zero attached hydrogens (tertiary/aromatic N) is 4. The number of H-pyrrole nitrogens is 1. The zero-order valence-electron chi connectivity index (χ0n) is 17.3. The van der Waals surface area contributed by atoms with E-state index in [9.17, 15) is 4.79 Å². The Bertz CT molecular complexity index is 1000. The number of anilines is 4. The Morgan fingerprint density at radius 3 is 2.81 bits per heavy atom. The first-order valence-corrected chi connectivity index (χ1v) is 10.4. The topological polar surface area (TPSA) is 111 Å². The number of carbonyl (C=O) groups is 1. The van der Waals surface area contributed by atoms with Gasteiger partial charge in [0.1, 0.15) is 13.7 Å². The van der Waals surface area contributed by atoms with Gasteiger partial charge < -0.3 is 25.8 Å². The zero-order chi connectivity index (χ0) is 21.5. The number of hydrogen-bond acceptors (Lipinski definition) is 6. The summed E-state index contributed by atoms with van der Waals surface area (Å²) in [4.78, 5) is 30.1. The number of benzene rings is 1. The van der Waals surface area contributed by atoms with Crippen molar-refractivity contribution in [3.05, 3.63) is 48.7 Å². The van der Waals surface area contributed by atoms with Crippen molar-refractivity contribution in [2.75, 3.05) is 35.6 Å². The first-order chi connectivity index (χ1) is 15.2. The zero-order valence-corrected chi connectivity index (χ0v) is 17.3. The number of amides is 2. The van der Waals surface area contributed by atoms with Crippen LogP contribution in [0.3, 0.4) is 0 Å². The maximum Gasteiger partial charge on any atom is 0.321 e. The molecule has 0 aliphatic carbocycles. The summed E-state index contributed by atoms with van der Waals surface area (Å²) in [5.74, 6) is 0.976. The largest absolute Gasteiger partial charge is 0.370 e. The Labute approximate surface area is 182 Å². The van der Waals surface area contributed by atoms with E-state index in [0.29, 0.717) is 29.5 Å². The molecule has 0 bridgehead atoms. The van der Waals surface area contributed by atoms with Crippen molar-refractivity contribution in [3.8, 4) is 0 Å². The third kappa shape index (κ3) is 5.75. The van der Waals surface area contributed by atoms with Crippen LogP contribution in [0.15, 0.2) is 43.0 Å². The second-order valence-corrected chi connectivity index (χ2v) is 7.43. The predicted molar refractivity (Wildman–Crippen MR) is 122 cm³/mol. The number of hydrogen-bond donors (Lipinski definition) is 4. The molecule has 0 atom stereocenters. The maximum absolute atomic E-state index is 12.4. The Balaban J connectivity index is 1.37. The van der Waals surface area contributed by atoms with Crippen LogP contribution in [0, 0.1) is 0 Å². The van der Waals surface area contributed by atoms with Gasteiger partial charge in [-0.15, -0.1) is 0 Å². The van der Waals surface area contributed by atoms with Gasteiger partial charge in [-0.05, 0) is 42.9 Å². The van der Waals surface area contributed by atoms with E-state index >= 15 is 0 Å². The average molecular weight is 416 g/mol. The van der Waals surface area contributed by atoms with Crippen molar-refractivity contribution < 1.29 is 4.79 Å². The van der Waals surface area contributed by atoms with Gasteiger partial charge in [-0.25, -0.2) is 14.8 Å². The molecular formula is C21H25BN8O. The molecule has 1 saturated heterocycles. The molecule has 158 valence electrons. The van der Waals surface area contributed by atoms with Crippen molar-refractivity contribution in [1.29, 1.82) is 0 Å². The van der Waals surface area contributed by atoms with Gasteiger partial charge in [0.05, 0.1) is 6.33 Å². The number of piperidine rings is 1. The molecule has 3 aromatic rings. The molecule has 1 aliphatic rings. The van der Waals surface area contributed by atoms with Crippen LogP contribution in [0.5, 0.6) is 0 Å². The second-order valence-electron chi connectivity index (χ2n) is 7.43. The van der Waals surface area contributed by atoms with Gasteiger partial charge in [-0.3, -0.25) is 0 Å². The molecule has 31 heavy (non-hydrogen) atoms. The van der Waals surface area contributed by atoms with E-state index in [1.54, 1.807) is 18.7 Å². The molecule has 1 aliphatic heterocycles. The summed E-state index contributed by atoms with van der Waals surface area (Å²) in [6.45, 7) is 2.26.